The molecule has 1 heterocycles. The predicted octanol–water partition coefficient (Wildman–Crippen LogP) is 4.64. The molecular weight excluding hydrogens is 334 g/mol. The number of rotatable bonds is 6. The Morgan fingerprint density at radius 2 is 1.72 bits per heavy atom. The minimum absolute atomic E-state index is 0.247. The fourth-order valence-corrected chi connectivity index (χ4v) is 2.63. The lowest BCUT2D eigenvalue weighted by molar-refractivity contribution is 0.102. The van der Waals surface area contributed by atoms with Crippen molar-refractivity contribution in [2.45, 2.75) is 6.42 Å². The summed E-state index contributed by atoms with van der Waals surface area (Å²) in [6, 6.07) is 20.8. The van der Waals surface area contributed by atoms with Crippen molar-refractivity contribution in [3.63, 3.8) is 0 Å². The van der Waals surface area contributed by atoms with E-state index < -0.39 is 0 Å². The van der Waals surface area contributed by atoms with Gasteiger partial charge in [-0.05, 0) is 36.2 Å². The van der Waals surface area contributed by atoms with Crippen LogP contribution in [0.15, 0.2) is 72.9 Å². The minimum atomic E-state index is -0.247. The van der Waals surface area contributed by atoms with E-state index in [2.05, 4.69) is 27.8 Å². The van der Waals surface area contributed by atoms with Gasteiger partial charge in [-0.2, -0.15) is 0 Å². The van der Waals surface area contributed by atoms with E-state index >= 15 is 0 Å². The number of carbonyl (C=O) groups excluding carboxylic acids is 1. The van der Waals surface area contributed by atoms with Crippen LogP contribution in [0.4, 0.5) is 11.5 Å². The lowest BCUT2D eigenvalue weighted by atomic mass is 10.1. The van der Waals surface area contributed by atoms with Crippen LogP contribution in [-0.2, 0) is 6.42 Å². The van der Waals surface area contributed by atoms with Gasteiger partial charge in [-0.25, -0.2) is 4.98 Å². The molecule has 0 radical (unpaired) electrons. The van der Waals surface area contributed by atoms with Crippen molar-refractivity contribution in [3.05, 3.63) is 89.1 Å². The Balaban J connectivity index is 1.68. The fraction of sp³-hybridized carbons (Fsp3) is 0.100. The maximum absolute atomic E-state index is 12.6. The first kappa shape index (κ1) is 17.0. The van der Waals surface area contributed by atoms with E-state index in [0.717, 1.165) is 6.42 Å². The van der Waals surface area contributed by atoms with Crippen LogP contribution in [0, 0.1) is 0 Å². The third kappa shape index (κ3) is 4.58. The van der Waals surface area contributed by atoms with Gasteiger partial charge in [-0.3, -0.25) is 4.79 Å². The van der Waals surface area contributed by atoms with Gasteiger partial charge in [-0.1, -0.05) is 54.1 Å². The van der Waals surface area contributed by atoms with Crippen molar-refractivity contribution in [1.29, 1.82) is 0 Å². The van der Waals surface area contributed by atoms with E-state index in [1.807, 2.05) is 30.3 Å². The van der Waals surface area contributed by atoms with Crippen LogP contribution in [0.1, 0.15) is 15.9 Å². The molecule has 126 valence electrons. The lowest BCUT2D eigenvalue weighted by Crippen LogP contribution is -2.17. The molecule has 25 heavy (non-hydrogen) atoms. The molecule has 3 rings (SSSR count). The summed E-state index contributed by atoms with van der Waals surface area (Å²) in [5.74, 6) is 0.311. The van der Waals surface area contributed by atoms with Gasteiger partial charge in [0.2, 0.25) is 0 Å². The van der Waals surface area contributed by atoms with Gasteiger partial charge in [-0.15, -0.1) is 0 Å². The first-order chi connectivity index (χ1) is 12.2. The molecule has 0 spiro atoms. The van der Waals surface area contributed by atoms with E-state index in [-0.39, 0.29) is 5.91 Å². The van der Waals surface area contributed by atoms with E-state index in [4.69, 9.17) is 11.6 Å². The molecule has 1 aromatic heterocycles. The first-order valence-electron chi connectivity index (χ1n) is 8.03. The number of halogens is 1. The molecule has 0 aliphatic carbocycles. The number of hydrogen-bond donors (Lipinski definition) is 2. The monoisotopic (exact) mass is 351 g/mol. The number of anilines is 2. The normalized spacial score (nSPS) is 10.3. The molecule has 0 aliphatic rings. The number of nitrogens with one attached hydrogen (secondary N) is 2. The fourth-order valence-electron chi connectivity index (χ4n) is 2.45. The molecule has 5 heteroatoms. The predicted molar refractivity (Wildman–Crippen MR) is 102 cm³/mol. The summed E-state index contributed by atoms with van der Waals surface area (Å²) in [7, 11) is 0. The quantitative estimate of drug-likeness (QED) is 0.680. The molecule has 0 bridgehead atoms. The molecule has 0 fully saturated rings. The average molecular weight is 352 g/mol. The number of para-hydroxylation sites is 1. The minimum Gasteiger partial charge on any atom is -0.369 e. The molecule has 4 nitrogen and oxygen atoms in total. The van der Waals surface area contributed by atoms with Gasteiger partial charge in [0.15, 0.2) is 0 Å². The Labute approximate surface area is 151 Å². The molecule has 0 saturated carbocycles. The molecular formula is C20H18ClN3O. The Bertz CT molecular complexity index is 852. The Hall–Kier alpha value is -2.85. The van der Waals surface area contributed by atoms with Crippen LogP contribution in [0.5, 0.6) is 0 Å². The SMILES string of the molecule is O=C(Nc1ccccc1Cl)c1cccnc1NCCc1ccccc1. The summed E-state index contributed by atoms with van der Waals surface area (Å²) < 4.78 is 0. The Morgan fingerprint density at radius 3 is 2.52 bits per heavy atom. The van der Waals surface area contributed by atoms with Crippen LogP contribution in [0.2, 0.25) is 5.02 Å². The molecule has 0 unspecified atom stereocenters. The molecule has 0 saturated heterocycles. The molecule has 0 atom stereocenters. The van der Waals surface area contributed by atoms with Gasteiger partial charge in [0.05, 0.1) is 16.3 Å². The van der Waals surface area contributed by atoms with Crippen molar-refractivity contribution in [2.75, 3.05) is 17.2 Å². The first-order valence-corrected chi connectivity index (χ1v) is 8.40. The van der Waals surface area contributed by atoms with Gasteiger partial charge in [0.25, 0.3) is 5.91 Å². The molecule has 1 amide bonds. The number of hydrogen-bond acceptors (Lipinski definition) is 3. The van der Waals surface area contributed by atoms with Crippen LogP contribution in [0.3, 0.4) is 0 Å². The van der Waals surface area contributed by atoms with Crippen molar-refractivity contribution >= 4 is 29.0 Å². The maximum atomic E-state index is 12.6. The Morgan fingerprint density at radius 1 is 0.960 bits per heavy atom. The smallest absolute Gasteiger partial charge is 0.259 e. The molecule has 2 N–H and O–H groups in total. The zero-order chi connectivity index (χ0) is 17.5. The Kier molecular flexibility index (Phi) is 5.65. The summed E-state index contributed by atoms with van der Waals surface area (Å²) in [5.41, 5.74) is 2.29. The second-order valence-corrected chi connectivity index (χ2v) is 5.90. The van der Waals surface area contributed by atoms with Crippen molar-refractivity contribution in [2.24, 2.45) is 0 Å². The van der Waals surface area contributed by atoms with Crippen molar-refractivity contribution in [3.8, 4) is 0 Å². The van der Waals surface area contributed by atoms with Gasteiger partial charge < -0.3 is 10.6 Å². The highest BCUT2D eigenvalue weighted by atomic mass is 35.5. The number of amides is 1. The number of pyridine rings is 1. The van der Waals surface area contributed by atoms with E-state index in [9.17, 15) is 4.79 Å². The van der Waals surface area contributed by atoms with Crippen LogP contribution in [-0.4, -0.2) is 17.4 Å². The number of aromatic nitrogens is 1. The summed E-state index contributed by atoms with van der Waals surface area (Å²) in [4.78, 5) is 16.9. The van der Waals surface area contributed by atoms with Crippen LogP contribution in [0.25, 0.3) is 0 Å². The van der Waals surface area contributed by atoms with Crippen molar-refractivity contribution < 1.29 is 4.79 Å². The summed E-state index contributed by atoms with van der Waals surface area (Å²) in [6.45, 7) is 0.688. The topological polar surface area (TPSA) is 54.0 Å². The second kappa shape index (κ2) is 8.31. The highest BCUT2D eigenvalue weighted by Crippen LogP contribution is 2.22. The van der Waals surface area contributed by atoms with Gasteiger partial charge in [0.1, 0.15) is 5.82 Å². The van der Waals surface area contributed by atoms with E-state index in [1.54, 1.807) is 30.5 Å². The summed E-state index contributed by atoms with van der Waals surface area (Å²) in [6.07, 6.45) is 2.51. The number of nitrogens with zero attached hydrogens (tertiary/aromatic N) is 1. The largest absolute Gasteiger partial charge is 0.369 e. The third-order valence-corrected chi connectivity index (χ3v) is 4.05. The molecule has 0 aliphatic heterocycles. The number of benzene rings is 2. The zero-order valence-corrected chi connectivity index (χ0v) is 14.3. The van der Waals surface area contributed by atoms with Crippen molar-refractivity contribution in [1.82, 2.24) is 4.98 Å². The van der Waals surface area contributed by atoms with E-state index in [1.165, 1.54) is 5.56 Å². The number of carbonyl (C=O) groups is 1. The zero-order valence-electron chi connectivity index (χ0n) is 13.6. The average Bonchev–Trinajstić information content (AvgIpc) is 2.65. The molecule has 2 aromatic carbocycles. The third-order valence-electron chi connectivity index (χ3n) is 3.72. The highest BCUT2D eigenvalue weighted by Gasteiger charge is 2.13. The summed E-state index contributed by atoms with van der Waals surface area (Å²) in [5, 5.41) is 6.56. The van der Waals surface area contributed by atoms with Crippen LogP contribution < -0.4 is 10.6 Å². The maximum Gasteiger partial charge on any atom is 0.259 e. The molecule has 3 aromatic rings. The van der Waals surface area contributed by atoms with E-state index in [0.29, 0.717) is 28.6 Å². The van der Waals surface area contributed by atoms with Gasteiger partial charge >= 0.3 is 0 Å². The summed E-state index contributed by atoms with van der Waals surface area (Å²) >= 11 is 6.10. The van der Waals surface area contributed by atoms with Gasteiger partial charge in [0, 0.05) is 12.7 Å². The lowest BCUT2D eigenvalue weighted by Gasteiger charge is -2.12. The highest BCUT2D eigenvalue weighted by molar-refractivity contribution is 6.34. The standard InChI is InChI=1S/C20H18ClN3O/c21-17-10-4-5-11-18(17)24-20(25)16-9-6-13-22-19(16)23-14-12-15-7-2-1-3-8-15/h1-11,13H,12,14H2,(H,22,23)(H,24,25). The second-order valence-electron chi connectivity index (χ2n) is 5.50. The van der Waals surface area contributed by atoms with Crippen LogP contribution >= 0.6 is 11.6 Å².